The molecule has 1 amide bonds. The van der Waals surface area contributed by atoms with Crippen LogP contribution in [0.25, 0.3) is 22.3 Å². The van der Waals surface area contributed by atoms with E-state index in [9.17, 15) is 13.6 Å². The van der Waals surface area contributed by atoms with Crippen molar-refractivity contribution in [3.63, 3.8) is 0 Å². The molecule has 6 nitrogen and oxygen atoms in total. The van der Waals surface area contributed by atoms with Gasteiger partial charge in [0.2, 0.25) is 0 Å². The van der Waals surface area contributed by atoms with Crippen LogP contribution in [0, 0.1) is 0 Å². The number of rotatable bonds is 8. The maximum absolute atomic E-state index is 13.8. The lowest BCUT2D eigenvalue weighted by Crippen LogP contribution is -2.31. The molecule has 3 heterocycles. The van der Waals surface area contributed by atoms with E-state index < -0.39 is 18.4 Å². The van der Waals surface area contributed by atoms with E-state index in [-0.39, 0.29) is 19.0 Å². The van der Waals surface area contributed by atoms with Crippen molar-refractivity contribution in [1.82, 2.24) is 24.6 Å². The fourth-order valence-corrected chi connectivity index (χ4v) is 4.45. The normalized spacial score (nSPS) is 15.7. The Balaban J connectivity index is 1.74. The van der Waals surface area contributed by atoms with E-state index in [1.165, 1.54) is 4.90 Å². The van der Waals surface area contributed by atoms with Gasteiger partial charge in [0.25, 0.3) is 11.8 Å². The predicted octanol–water partition coefficient (Wildman–Crippen LogP) is 5.39. The Bertz CT molecular complexity index is 1170. The molecule has 0 bridgehead atoms. The molecular weight excluding hydrogens is 436 g/mol. The Labute approximate surface area is 199 Å². The average molecular weight is 470 g/mol. The summed E-state index contributed by atoms with van der Waals surface area (Å²) in [5, 5.41) is 5.03. The number of likely N-dealkylation sites (tertiary alicyclic amines) is 1. The Kier molecular flexibility index (Phi) is 6.98. The van der Waals surface area contributed by atoms with Gasteiger partial charge in [0.05, 0.1) is 29.4 Å². The van der Waals surface area contributed by atoms with E-state index in [2.05, 4.69) is 36.1 Å². The van der Waals surface area contributed by atoms with E-state index in [4.69, 9.17) is 4.98 Å². The predicted molar refractivity (Wildman–Crippen MR) is 130 cm³/mol. The SMILES string of the molecule is CCCCN(C)Cc1cccc(-c2cc(C(=O)N3CCC(F)(F)C3)c3cnn(C(C)C)c3n2)c1. The first-order valence-electron chi connectivity index (χ1n) is 12.0. The van der Waals surface area contributed by atoms with Crippen LogP contribution in [0.5, 0.6) is 0 Å². The van der Waals surface area contributed by atoms with E-state index in [0.29, 0.717) is 22.3 Å². The largest absolute Gasteiger partial charge is 0.332 e. The van der Waals surface area contributed by atoms with Gasteiger partial charge in [-0.1, -0.05) is 31.5 Å². The summed E-state index contributed by atoms with van der Waals surface area (Å²) in [5.74, 6) is -3.24. The van der Waals surface area contributed by atoms with Crippen molar-refractivity contribution in [1.29, 1.82) is 0 Å². The number of hydrogen-bond acceptors (Lipinski definition) is 4. The molecule has 1 aliphatic rings. The van der Waals surface area contributed by atoms with Crippen LogP contribution >= 0.6 is 0 Å². The molecule has 2 aromatic heterocycles. The molecule has 1 aromatic carbocycles. The third-order valence-electron chi connectivity index (χ3n) is 6.31. The van der Waals surface area contributed by atoms with Crippen molar-refractivity contribution < 1.29 is 13.6 Å². The van der Waals surface area contributed by atoms with Gasteiger partial charge in [-0.3, -0.25) is 4.79 Å². The summed E-state index contributed by atoms with van der Waals surface area (Å²) in [4.78, 5) is 21.7. The number of halogens is 2. The summed E-state index contributed by atoms with van der Waals surface area (Å²) in [6.07, 6.45) is 3.61. The molecule has 0 spiro atoms. The quantitative estimate of drug-likeness (QED) is 0.444. The molecule has 1 fully saturated rings. The number of hydrogen-bond donors (Lipinski definition) is 0. The third-order valence-corrected chi connectivity index (χ3v) is 6.31. The maximum Gasteiger partial charge on any atom is 0.267 e. The number of carbonyl (C=O) groups excluding carboxylic acids is 1. The number of alkyl halides is 2. The first-order valence-corrected chi connectivity index (χ1v) is 12.0. The van der Waals surface area contributed by atoms with Crippen molar-refractivity contribution in [3.05, 3.63) is 47.7 Å². The third kappa shape index (κ3) is 5.12. The van der Waals surface area contributed by atoms with Crippen molar-refractivity contribution in [2.75, 3.05) is 26.7 Å². The summed E-state index contributed by atoms with van der Waals surface area (Å²) < 4.78 is 29.5. The van der Waals surface area contributed by atoms with Crippen LogP contribution in [-0.4, -0.2) is 63.1 Å². The highest BCUT2D eigenvalue weighted by atomic mass is 19.3. The zero-order chi connectivity index (χ0) is 24.5. The maximum atomic E-state index is 13.8. The van der Waals surface area contributed by atoms with Gasteiger partial charge in [0, 0.05) is 31.1 Å². The van der Waals surface area contributed by atoms with E-state index in [1.54, 1.807) is 16.9 Å². The molecule has 0 radical (unpaired) electrons. The number of aromatic nitrogens is 3. The molecule has 0 aliphatic carbocycles. The number of amides is 1. The smallest absolute Gasteiger partial charge is 0.267 e. The number of benzene rings is 1. The van der Waals surface area contributed by atoms with Crippen molar-refractivity contribution >= 4 is 16.9 Å². The fourth-order valence-electron chi connectivity index (χ4n) is 4.45. The van der Waals surface area contributed by atoms with Gasteiger partial charge in [-0.15, -0.1) is 0 Å². The second kappa shape index (κ2) is 9.78. The molecule has 34 heavy (non-hydrogen) atoms. The minimum atomic E-state index is -2.84. The molecular formula is C26H33F2N5O. The summed E-state index contributed by atoms with van der Waals surface area (Å²) in [6.45, 7) is 7.50. The molecule has 0 saturated carbocycles. The highest BCUT2D eigenvalue weighted by molar-refractivity contribution is 6.06. The van der Waals surface area contributed by atoms with Gasteiger partial charge >= 0.3 is 0 Å². The zero-order valence-electron chi connectivity index (χ0n) is 20.4. The lowest BCUT2D eigenvalue weighted by atomic mass is 10.0. The van der Waals surface area contributed by atoms with Crippen molar-refractivity contribution in [2.24, 2.45) is 0 Å². The van der Waals surface area contributed by atoms with Crippen molar-refractivity contribution in [2.45, 2.75) is 58.5 Å². The average Bonchev–Trinajstić information content (AvgIpc) is 3.39. The standard InChI is InChI=1S/C26H33F2N5O/c1-5-6-11-31(4)16-19-8-7-9-20(13-19)23-14-21(25(34)32-12-10-26(27,28)17-32)22-15-29-33(18(2)3)24(22)30-23/h7-9,13-15,18H,5-6,10-12,16-17H2,1-4H3. The summed E-state index contributed by atoms with van der Waals surface area (Å²) in [7, 11) is 2.11. The van der Waals surface area contributed by atoms with Gasteiger partial charge in [0.15, 0.2) is 5.65 Å². The summed E-state index contributed by atoms with van der Waals surface area (Å²) in [5.41, 5.74) is 3.65. The Morgan fingerprint density at radius 2 is 2.06 bits per heavy atom. The highest BCUT2D eigenvalue weighted by Gasteiger charge is 2.41. The van der Waals surface area contributed by atoms with Gasteiger partial charge in [-0.2, -0.15) is 5.10 Å². The number of unbranched alkanes of at least 4 members (excludes halogenated alkanes) is 1. The second-order valence-electron chi connectivity index (χ2n) is 9.60. The Hall–Kier alpha value is -2.87. The van der Waals surface area contributed by atoms with Crippen molar-refractivity contribution in [3.8, 4) is 11.3 Å². The molecule has 8 heteroatoms. The number of nitrogens with zero attached hydrogens (tertiary/aromatic N) is 5. The van der Waals surface area contributed by atoms with Crippen LogP contribution in [0.4, 0.5) is 8.78 Å². The van der Waals surface area contributed by atoms with Gasteiger partial charge in [-0.25, -0.2) is 18.4 Å². The number of carbonyl (C=O) groups is 1. The molecule has 0 atom stereocenters. The van der Waals surface area contributed by atoms with Crippen LogP contribution in [0.1, 0.15) is 62.0 Å². The highest BCUT2D eigenvalue weighted by Crippen LogP contribution is 2.31. The van der Waals surface area contributed by atoms with Gasteiger partial charge in [0.1, 0.15) is 0 Å². The minimum absolute atomic E-state index is 0.0397. The van der Waals surface area contributed by atoms with Crippen LogP contribution in [0.2, 0.25) is 0 Å². The second-order valence-corrected chi connectivity index (χ2v) is 9.60. The minimum Gasteiger partial charge on any atom is -0.332 e. The van der Waals surface area contributed by atoms with E-state index >= 15 is 0 Å². The van der Waals surface area contributed by atoms with Crippen LogP contribution in [0.3, 0.4) is 0 Å². The zero-order valence-corrected chi connectivity index (χ0v) is 20.4. The topological polar surface area (TPSA) is 54.3 Å². The Morgan fingerprint density at radius 1 is 1.26 bits per heavy atom. The van der Waals surface area contributed by atoms with Crippen LogP contribution in [0.15, 0.2) is 36.5 Å². The summed E-state index contributed by atoms with van der Waals surface area (Å²) in [6, 6.07) is 9.90. The first-order chi connectivity index (χ1) is 16.2. The monoisotopic (exact) mass is 469 g/mol. The van der Waals surface area contributed by atoms with Crippen LogP contribution in [-0.2, 0) is 6.54 Å². The number of pyridine rings is 1. The summed E-state index contributed by atoms with van der Waals surface area (Å²) >= 11 is 0. The first kappa shape index (κ1) is 24.3. The van der Waals surface area contributed by atoms with Crippen LogP contribution < -0.4 is 0 Å². The molecule has 0 N–H and O–H groups in total. The van der Waals surface area contributed by atoms with E-state index in [0.717, 1.165) is 37.1 Å². The lowest BCUT2D eigenvalue weighted by Gasteiger charge is -2.18. The molecule has 0 unspecified atom stereocenters. The lowest BCUT2D eigenvalue weighted by molar-refractivity contribution is 0.0120. The molecule has 1 aliphatic heterocycles. The van der Waals surface area contributed by atoms with Gasteiger partial charge in [-0.05, 0) is 51.6 Å². The molecule has 3 aromatic rings. The fraction of sp³-hybridized carbons (Fsp3) is 0.500. The van der Waals surface area contributed by atoms with Gasteiger partial charge < -0.3 is 9.80 Å². The molecule has 182 valence electrons. The Morgan fingerprint density at radius 3 is 2.74 bits per heavy atom. The molecule has 4 rings (SSSR count). The van der Waals surface area contributed by atoms with E-state index in [1.807, 2.05) is 26.0 Å². The molecule has 1 saturated heterocycles. The number of fused-ring (bicyclic) bond motifs is 1.